The molecule has 0 radical (unpaired) electrons. The van der Waals surface area contributed by atoms with Crippen LogP contribution in [0, 0.1) is 6.92 Å². The number of hydrogen-bond acceptors (Lipinski definition) is 3. The van der Waals surface area contributed by atoms with Gasteiger partial charge in [-0.1, -0.05) is 60.2 Å². The third kappa shape index (κ3) is 2.42. The van der Waals surface area contributed by atoms with Crippen LogP contribution < -0.4 is 11.0 Å². The van der Waals surface area contributed by atoms with Gasteiger partial charge in [-0.2, -0.15) is 4.98 Å². The maximum atomic E-state index is 11.7. The predicted molar refractivity (Wildman–Crippen MR) is 89.0 cm³/mol. The average Bonchev–Trinajstić information content (AvgIpc) is 3.09. The van der Waals surface area contributed by atoms with Crippen LogP contribution in [0.3, 0.4) is 0 Å². The van der Waals surface area contributed by atoms with Crippen molar-refractivity contribution in [2.24, 2.45) is 0 Å². The Kier molecular flexibility index (Phi) is 3.05. The van der Waals surface area contributed by atoms with E-state index in [1.54, 1.807) is 4.52 Å². The van der Waals surface area contributed by atoms with Gasteiger partial charge >= 0.3 is 5.69 Å². The lowest BCUT2D eigenvalue weighted by molar-refractivity contribution is 0.937. The van der Waals surface area contributed by atoms with E-state index in [9.17, 15) is 4.79 Å². The Morgan fingerprint density at radius 2 is 1.74 bits per heavy atom. The summed E-state index contributed by atoms with van der Waals surface area (Å²) in [7, 11) is 0. The van der Waals surface area contributed by atoms with E-state index < -0.39 is 0 Å². The van der Waals surface area contributed by atoms with E-state index in [2.05, 4.69) is 15.1 Å². The van der Waals surface area contributed by atoms with Gasteiger partial charge in [0.2, 0.25) is 0 Å². The Labute approximate surface area is 131 Å². The molecule has 2 aromatic heterocycles. The summed E-state index contributed by atoms with van der Waals surface area (Å²) in [6.07, 6.45) is 1.93. The van der Waals surface area contributed by atoms with Gasteiger partial charge in [-0.15, -0.1) is 0 Å². The highest BCUT2D eigenvalue weighted by atomic mass is 16.1. The number of rotatable bonds is 2. The van der Waals surface area contributed by atoms with E-state index >= 15 is 0 Å². The molecule has 5 heteroatoms. The molecule has 0 atom stereocenters. The zero-order valence-electron chi connectivity index (χ0n) is 12.5. The Balaban J connectivity index is 1.97. The van der Waals surface area contributed by atoms with Gasteiger partial charge in [0.15, 0.2) is 11.5 Å². The monoisotopic (exact) mass is 302 g/mol. The highest BCUT2D eigenvalue weighted by molar-refractivity contribution is 5.63. The van der Waals surface area contributed by atoms with Gasteiger partial charge in [-0.3, -0.25) is 0 Å². The first-order valence-electron chi connectivity index (χ1n) is 7.33. The highest BCUT2D eigenvalue weighted by Crippen LogP contribution is 2.15. The summed E-state index contributed by atoms with van der Waals surface area (Å²) in [6, 6.07) is 17.9. The highest BCUT2D eigenvalue weighted by Gasteiger charge is 2.12. The van der Waals surface area contributed by atoms with Crippen molar-refractivity contribution >= 4 is 11.7 Å². The van der Waals surface area contributed by atoms with Gasteiger partial charge in [-0.25, -0.2) is 19.4 Å². The van der Waals surface area contributed by atoms with Crippen LogP contribution in [0.2, 0.25) is 0 Å². The minimum atomic E-state index is -0.377. The summed E-state index contributed by atoms with van der Waals surface area (Å²) in [5.74, 6) is 0.675. The molecule has 0 spiro atoms. The number of imidazole rings is 1. The third-order valence-corrected chi connectivity index (χ3v) is 3.71. The van der Waals surface area contributed by atoms with Crippen LogP contribution in [-0.2, 0) is 0 Å². The van der Waals surface area contributed by atoms with E-state index in [4.69, 9.17) is 0 Å². The van der Waals surface area contributed by atoms with Gasteiger partial charge in [-0.05, 0) is 18.6 Å². The second kappa shape index (κ2) is 5.21. The number of fused-ring (bicyclic) bond motifs is 1. The average molecular weight is 302 g/mol. The largest absolute Gasteiger partial charge is 0.362 e. The first kappa shape index (κ1) is 13.5. The van der Waals surface area contributed by atoms with Gasteiger partial charge in [0, 0.05) is 5.56 Å². The molecular formula is C18H14N4O. The molecule has 23 heavy (non-hydrogen) atoms. The maximum Gasteiger partial charge on any atom is 0.362 e. The van der Waals surface area contributed by atoms with Crippen molar-refractivity contribution in [3.05, 3.63) is 81.6 Å². The van der Waals surface area contributed by atoms with Gasteiger partial charge in [0.05, 0.1) is 0 Å². The molecule has 5 nitrogen and oxygen atoms in total. The second-order valence-electron chi connectivity index (χ2n) is 5.43. The lowest BCUT2D eigenvalue weighted by Crippen LogP contribution is -2.08. The Morgan fingerprint density at radius 3 is 2.48 bits per heavy atom. The van der Waals surface area contributed by atoms with Crippen LogP contribution in [0.15, 0.2) is 59.4 Å². The van der Waals surface area contributed by atoms with Crippen molar-refractivity contribution in [2.45, 2.75) is 6.92 Å². The third-order valence-electron chi connectivity index (χ3n) is 3.71. The zero-order chi connectivity index (χ0) is 15.8. The van der Waals surface area contributed by atoms with Crippen LogP contribution in [0.25, 0.3) is 23.1 Å². The van der Waals surface area contributed by atoms with Crippen molar-refractivity contribution in [1.29, 1.82) is 0 Å². The van der Waals surface area contributed by atoms with Gasteiger partial charge < -0.3 is 0 Å². The fourth-order valence-corrected chi connectivity index (χ4v) is 2.56. The molecule has 0 aliphatic rings. The molecule has 2 heterocycles. The van der Waals surface area contributed by atoms with Gasteiger partial charge in [0.1, 0.15) is 5.35 Å². The molecule has 4 aromatic rings. The maximum absolute atomic E-state index is 11.7. The number of hydrogen-bond donors (Lipinski definition) is 1. The smallest absolute Gasteiger partial charge is 0.244 e. The number of aryl methyl sites for hydroxylation is 1. The zero-order valence-corrected chi connectivity index (χ0v) is 12.5. The molecule has 0 amide bonds. The lowest BCUT2D eigenvalue weighted by Gasteiger charge is -1.96. The fourth-order valence-electron chi connectivity index (χ4n) is 2.56. The normalized spacial score (nSPS) is 12.1. The molecule has 0 aliphatic carbocycles. The van der Waals surface area contributed by atoms with Crippen LogP contribution in [-0.4, -0.2) is 19.6 Å². The minimum absolute atomic E-state index is 0.377. The summed E-state index contributed by atoms with van der Waals surface area (Å²) < 4.78 is 1.64. The number of H-pyrrole nitrogens is 1. The van der Waals surface area contributed by atoms with Gasteiger partial charge in [0.25, 0.3) is 0 Å². The molecule has 0 aliphatic heterocycles. The molecule has 0 bridgehead atoms. The second-order valence-corrected chi connectivity index (χ2v) is 5.43. The van der Waals surface area contributed by atoms with Crippen LogP contribution in [0.4, 0.5) is 0 Å². The van der Waals surface area contributed by atoms with Crippen molar-refractivity contribution in [3.8, 4) is 11.4 Å². The van der Waals surface area contributed by atoms with Crippen LogP contribution in [0.1, 0.15) is 11.1 Å². The van der Waals surface area contributed by atoms with E-state index in [1.807, 2.05) is 67.6 Å². The molecule has 4 rings (SSSR count). The predicted octanol–water partition coefficient (Wildman–Crippen LogP) is 1.94. The van der Waals surface area contributed by atoms with Crippen molar-refractivity contribution < 1.29 is 0 Å². The van der Waals surface area contributed by atoms with Crippen LogP contribution >= 0.6 is 0 Å². The summed E-state index contributed by atoms with van der Waals surface area (Å²) >= 11 is 0. The quantitative estimate of drug-likeness (QED) is 0.615. The lowest BCUT2D eigenvalue weighted by atomic mass is 10.1. The molecule has 112 valence electrons. The first-order chi connectivity index (χ1) is 11.2. The number of nitrogens with zero attached hydrogens (tertiary/aromatic N) is 3. The Bertz CT molecular complexity index is 1080. The van der Waals surface area contributed by atoms with E-state index in [0.29, 0.717) is 16.8 Å². The van der Waals surface area contributed by atoms with Crippen molar-refractivity contribution in [2.75, 3.05) is 0 Å². The fraction of sp³-hybridized carbons (Fsp3) is 0.0556. The number of aromatic amines is 1. The van der Waals surface area contributed by atoms with E-state index in [0.717, 1.165) is 11.1 Å². The minimum Gasteiger partial charge on any atom is -0.244 e. The van der Waals surface area contributed by atoms with Crippen molar-refractivity contribution in [1.82, 2.24) is 19.6 Å². The molecule has 0 saturated carbocycles. The molecule has 2 aromatic carbocycles. The molecule has 0 saturated heterocycles. The summed E-state index contributed by atoms with van der Waals surface area (Å²) in [5, 5.41) is 3.38. The molecule has 0 fully saturated rings. The standard InChI is InChI=1S/C18H14N4O/c1-12-7-9-13(10-8-12)11-15-17-20-18(23)21-22(17)16(19-15)14-5-3-2-4-6-14/h2-11H,1H3,(H,21,23)/b15-11-. The molecule has 0 unspecified atom stereocenters. The molecular weight excluding hydrogens is 288 g/mol. The molecule has 1 N–H and O–H groups in total. The summed E-state index contributed by atoms with van der Waals surface area (Å²) in [6.45, 7) is 2.05. The summed E-state index contributed by atoms with van der Waals surface area (Å²) in [4.78, 5) is 20.3. The summed E-state index contributed by atoms with van der Waals surface area (Å²) in [5.41, 5.74) is 3.30. The number of nitrogens with one attached hydrogen (secondary N) is 1. The SMILES string of the molecule is Cc1ccc(/C=c2\nc(-c3ccccc3)n3[nH]c(=O)nc23)cc1. The number of aromatic nitrogens is 4. The number of benzene rings is 2. The Hall–Kier alpha value is -3.21. The van der Waals surface area contributed by atoms with E-state index in [1.165, 1.54) is 5.56 Å². The topological polar surface area (TPSA) is 63.1 Å². The first-order valence-corrected chi connectivity index (χ1v) is 7.33. The Morgan fingerprint density at radius 1 is 1.00 bits per heavy atom. The van der Waals surface area contributed by atoms with E-state index in [-0.39, 0.29) is 5.69 Å². The van der Waals surface area contributed by atoms with Crippen molar-refractivity contribution in [3.63, 3.8) is 0 Å². The van der Waals surface area contributed by atoms with Crippen LogP contribution in [0.5, 0.6) is 0 Å².